The minimum absolute atomic E-state index is 0.0150. The number of benzene rings is 1. The molecule has 0 N–H and O–H groups in total. The van der Waals surface area contributed by atoms with Crippen LogP contribution in [0.5, 0.6) is 5.75 Å². The van der Waals surface area contributed by atoms with Crippen molar-refractivity contribution in [3.8, 4) is 5.75 Å². The molecule has 2 amide bonds. The highest BCUT2D eigenvalue weighted by Gasteiger charge is 2.34. The standard InChI is InChI=1S/C27H36N2O5S/c1-19(2)20-6-8-21(9-7-20)34-17-24-23-11-14-35-25(23)10-12-29(24)26(30)16-28(27(31)18-32-3)15-22-5-4-13-33-22/h6-9,11,14,19,22,24H,4-5,10,12-13,15-18H2,1-3H3. The van der Waals surface area contributed by atoms with Gasteiger partial charge in [-0.2, -0.15) is 0 Å². The Kier molecular flexibility index (Phi) is 8.81. The van der Waals surface area contributed by atoms with E-state index in [4.69, 9.17) is 14.2 Å². The number of carbonyl (C=O) groups is 2. The smallest absolute Gasteiger partial charge is 0.249 e. The molecule has 0 aliphatic carbocycles. The number of carbonyl (C=O) groups excluding carboxylic acids is 2. The molecule has 0 bridgehead atoms. The molecule has 190 valence electrons. The maximum Gasteiger partial charge on any atom is 0.249 e. The predicted octanol–water partition coefficient (Wildman–Crippen LogP) is 4.03. The molecule has 8 heteroatoms. The van der Waals surface area contributed by atoms with Crippen molar-refractivity contribution in [1.29, 1.82) is 0 Å². The van der Waals surface area contributed by atoms with E-state index in [0.29, 0.717) is 32.2 Å². The number of hydrogen-bond donors (Lipinski definition) is 0. The van der Waals surface area contributed by atoms with Gasteiger partial charge in [0.05, 0.1) is 18.7 Å². The second-order valence-corrected chi connectivity index (χ2v) is 10.5. The molecule has 2 aromatic rings. The number of nitrogens with zero attached hydrogens (tertiary/aromatic N) is 2. The molecular formula is C27H36N2O5S. The van der Waals surface area contributed by atoms with E-state index in [2.05, 4.69) is 37.4 Å². The van der Waals surface area contributed by atoms with Crippen LogP contribution in [-0.4, -0.2) is 74.3 Å². The topological polar surface area (TPSA) is 68.3 Å². The molecule has 7 nitrogen and oxygen atoms in total. The number of amides is 2. The van der Waals surface area contributed by atoms with Crippen molar-refractivity contribution in [2.24, 2.45) is 0 Å². The molecule has 0 radical (unpaired) electrons. The summed E-state index contributed by atoms with van der Waals surface area (Å²) in [5.74, 6) is 0.984. The van der Waals surface area contributed by atoms with E-state index in [1.807, 2.05) is 17.0 Å². The van der Waals surface area contributed by atoms with Gasteiger partial charge in [-0.05, 0) is 59.9 Å². The molecule has 3 heterocycles. The summed E-state index contributed by atoms with van der Waals surface area (Å²) >= 11 is 1.73. The van der Waals surface area contributed by atoms with Gasteiger partial charge in [0, 0.05) is 31.7 Å². The molecule has 2 atom stereocenters. The zero-order valence-electron chi connectivity index (χ0n) is 20.9. The fourth-order valence-electron chi connectivity index (χ4n) is 4.76. The van der Waals surface area contributed by atoms with Gasteiger partial charge >= 0.3 is 0 Å². The Labute approximate surface area is 212 Å². The van der Waals surface area contributed by atoms with E-state index in [9.17, 15) is 9.59 Å². The average molecular weight is 501 g/mol. The Bertz CT molecular complexity index is 984. The summed E-state index contributed by atoms with van der Waals surface area (Å²) in [5.41, 5.74) is 2.40. The fraction of sp³-hybridized carbons (Fsp3) is 0.556. The second kappa shape index (κ2) is 12.0. The number of ether oxygens (including phenoxy) is 3. The van der Waals surface area contributed by atoms with E-state index < -0.39 is 0 Å². The first-order valence-corrected chi connectivity index (χ1v) is 13.3. The summed E-state index contributed by atoms with van der Waals surface area (Å²) < 4.78 is 17.0. The molecule has 2 aliphatic heterocycles. The number of hydrogen-bond acceptors (Lipinski definition) is 6. The Morgan fingerprint density at radius 2 is 2.03 bits per heavy atom. The SMILES string of the molecule is COCC(=O)N(CC(=O)N1CCc2sccc2C1COc1ccc(C(C)C)cc1)CC1CCCO1. The normalized spacial score (nSPS) is 19.6. The molecule has 1 aromatic carbocycles. The first-order valence-electron chi connectivity index (χ1n) is 12.4. The van der Waals surface area contributed by atoms with Crippen LogP contribution in [-0.2, 0) is 25.5 Å². The molecule has 1 aromatic heterocycles. The van der Waals surface area contributed by atoms with Crippen LogP contribution in [0, 0.1) is 0 Å². The maximum atomic E-state index is 13.6. The highest BCUT2D eigenvalue weighted by molar-refractivity contribution is 7.10. The van der Waals surface area contributed by atoms with Crippen molar-refractivity contribution in [2.45, 2.75) is 51.2 Å². The fourth-order valence-corrected chi connectivity index (χ4v) is 5.68. The zero-order chi connectivity index (χ0) is 24.8. The Morgan fingerprint density at radius 1 is 1.23 bits per heavy atom. The minimum Gasteiger partial charge on any atom is -0.491 e. The van der Waals surface area contributed by atoms with Crippen molar-refractivity contribution in [3.05, 3.63) is 51.7 Å². The van der Waals surface area contributed by atoms with Crippen molar-refractivity contribution >= 4 is 23.2 Å². The van der Waals surface area contributed by atoms with Gasteiger partial charge in [0.25, 0.3) is 0 Å². The second-order valence-electron chi connectivity index (χ2n) is 9.53. The first-order chi connectivity index (χ1) is 17.0. The van der Waals surface area contributed by atoms with Crippen LogP contribution in [0.25, 0.3) is 0 Å². The quantitative estimate of drug-likeness (QED) is 0.493. The summed E-state index contributed by atoms with van der Waals surface area (Å²) in [7, 11) is 1.49. The third-order valence-electron chi connectivity index (χ3n) is 6.76. The molecule has 35 heavy (non-hydrogen) atoms. The predicted molar refractivity (Wildman–Crippen MR) is 136 cm³/mol. The monoisotopic (exact) mass is 500 g/mol. The third kappa shape index (κ3) is 6.42. The Hall–Kier alpha value is -2.42. The van der Waals surface area contributed by atoms with Gasteiger partial charge < -0.3 is 24.0 Å². The lowest BCUT2D eigenvalue weighted by Gasteiger charge is -2.37. The van der Waals surface area contributed by atoms with Gasteiger partial charge in [-0.25, -0.2) is 0 Å². The lowest BCUT2D eigenvalue weighted by molar-refractivity contribution is -0.145. The molecule has 2 unspecified atom stereocenters. The van der Waals surface area contributed by atoms with E-state index in [1.165, 1.54) is 17.6 Å². The van der Waals surface area contributed by atoms with Gasteiger partial charge in [-0.1, -0.05) is 26.0 Å². The summed E-state index contributed by atoms with van der Waals surface area (Å²) in [5, 5.41) is 2.08. The maximum absolute atomic E-state index is 13.6. The van der Waals surface area contributed by atoms with Crippen LogP contribution >= 0.6 is 11.3 Å². The summed E-state index contributed by atoms with van der Waals surface area (Å²) in [6, 6.07) is 10.1. The van der Waals surface area contributed by atoms with Crippen molar-refractivity contribution in [2.75, 3.05) is 46.6 Å². The largest absolute Gasteiger partial charge is 0.491 e. The molecule has 4 rings (SSSR count). The van der Waals surface area contributed by atoms with Crippen molar-refractivity contribution in [3.63, 3.8) is 0 Å². The van der Waals surface area contributed by atoms with E-state index in [-0.39, 0.29) is 37.1 Å². The van der Waals surface area contributed by atoms with E-state index >= 15 is 0 Å². The first kappa shape index (κ1) is 25.7. The van der Waals surface area contributed by atoms with Gasteiger partial charge in [0.1, 0.15) is 19.0 Å². The van der Waals surface area contributed by atoms with Crippen LogP contribution < -0.4 is 4.74 Å². The zero-order valence-corrected chi connectivity index (χ0v) is 21.7. The number of thiophene rings is 1. The lowest BCUT2D eigenvalue weighted by Crippen LogP contribution is -2.49. The molecule has 2 aliphatic rings. The Balaban J connectivity index is 1.47. The van der Waals surface area contributed by atoms with Crippen LogP contribution in [0.1, 0.15) is 54.7 Å². The highest BCUT2D eigenvalue weighted by Crippen LogP contribution is 2.34. The summed E-state index contributed by atoms with van der Waals surface area (Å²) in [6.45, 7) is 6.39. The van der Waals surface area contributed by atoms with Gasteiger partial charge in [0.15, 0.2) is 0 Å². The van der Waals surface area contributed by atoms with E-state index in [1.54, 1.807) is 16.2 Å². The minimum atomic E-state index is -0.192. The van der Waals surface area contributed by atoms with Crippen LogP contribution in [0.2, 0.25) is 0 Å². The van der Waals surface area contributed by atoms with Crippen molar-refractivity contribution < 1.29 is 23.8 Å². The molecular weight excluding hydrogens is 464 g/mol. The number of fused-ring (bicyclic) bond motifs is 1. The molecule has 1 saturated heterocycles. The number of rotatable bonds is 10. The number of methoxy groups -OCH3 is 1. The van der Waals surface area contributed by atoms with Crippen molar-refractivity contribution in [1.82, 2.24) is 9.80 Å². The summed E-state index contributed by atoms with van der Waals surface area (Å²) in [4.78, 5) is 31.0. The molecule has 0 spiro atoms. The van der Waals surface area contributed by atoms with Crippen LogP contribution in [0.3, 0.4) is 0 Å². The molecule has 1 fully saturated rings. The summed E-state index contributed by atoms with van der Waals surface area (Å²) in [6.07, 6.45) is 2.67. The van der Waals surface area contributed by atoms with Crippen LogP contribution in [0.15, 0.2) is 35.7 Å². The van der Waals surface area contributed by atoms with Gasteiger partial charge in [-0.3, -0.25) is 9.59 Å². The van der Waals surface area contributed by atoms with Crippen LogP contribution in [0.4, 0.5) is 0 Å². The highest BCUT2D eigenvalue weighted by atomic mass is 32.1. The Morgan fingerprint density at radius 3 is 2.71 bits per heavy atom. The average Bonchev–Trinajstić information content (AvgIpc) is 3.54. The van der Waals surface area contributed by atoms with E-state index in [0.717, 1.165) is 30.6 Å². The third-order valence-corrected chi connectivity index (χ3v) is 7.76. The lowest BCUT2D eigenvalue weighted by atomic mass is 10.00. The molecule has 0 saturated carbocycles. The van der Waals surface area contributed by atoms with Gasteiger partial charge in [-0.15, -0.1) is 11.3 Å². The van der Waals surface area contributed by atoms with Gasteiger partial charge in [0.2, 0.25) is 11.8 Å².